The van der Waals surface area contributed by atoms with Crippen molar-refractivity contribution in [1.29, 1.82) is 0 Å². The molecule has 0 aromatic rings. The summed E-state index contributed by atoms with van der Waals surface area (Å²) in [5.74, 6) is 3.19. The molecule has 0 amide bonds. The Labute approximate surface area is 110 Å². The van der Waals surface area contributed by atoms with Crippen molar-refractivity contribution in [3.8, 4) is 0 Å². The average molecular weight is 248 g/mol. The van der Waals surface area contributed by atoms with Gasteiger partial charge in [0.15, 0.2) is 0 Å². The molecule has 4 aliphatic rings. The first kappa shape index (κ1) is 12.3. The second kappa shape index (κ2) is 4.11. The summed E-state index contributed by atoms with van der Waals surface area (Å²) in [4.78, 5) is 11.8. The second-order valence-corrected chi connectivity index (χ2v) is 6.94. The van der Waals surface area contributed by atoms with Crippen LogP contribution in [0.4, 0.5) is 0 Å². The van der Waals surface area contributed by atoms with Gasteiger partial charge in [-0.3, -0.25) is 0 Å². The van der Waals surface area contributed by atoms with Crippen molar-refractivity contribution in [2.24, 2.45) is 29.6 Å². The number of hydrogen-bond donors (Lipinski definition) is 0. The van der Waals surface area contributed by atoms with E-state index in [2.05, 4.69) is 20.4 Å². The minimum absolute atomic E-state index is 0.196. The van der Waals surface area contributed by atoms with E-state index in [4.69, 9.17) is 4.74 Å². The molecule has 0 radical (unpaired) electrons. The molecule has 2 nitrogen and oxygen atoms in total. The fourth-order valence-electron chi connectivity index (χ4n) is 5.36. The molecule has 4 saturated carbocycles. The van der Waals surface area contributed by atoms with Gasteiger partial charge in [-0.1, -0.05) is 20.4 Å². The molecule has 2 heteroatoms. The first-order chi connectivity index (χ1) is 8.56. The molecule has 0 unspecified atom stereocenters. The minimum Gasteiger partial charge on any atom is -0.455 e. The van der Waals surface area contributed by atoms with Gasteiger partial charge in [0.25, 0.3) is 0 Å². The van der Waals surface area contributed by atoms with E-state index in [0.717, 1.165) is 11.8 Å². The number of hydrogen-bond acceptors (Lipinski definition) is 2. The van der Waals surface area contributed by atoms with Crippen LogP contribution in [0.5, 0.6) is 0 Å². The number of carbonyl (C=O) groups is 1. The Hall–Kier alpha value is -0.790. The fourth-order valence-corrected chi connectivity index (χ4v) is 5.36. The lowest BCUT2D eigenvalue weighted by Gasteiger charge is -2.61. The minimum atomic E-state index is -0.226. The standard InChI is InChI=1S/C16H24O2/c1-4-15(17)18-16(10(2)3)13-6-11-5-12(8-13)9-14(16)7-11/h4,10-14H,1,5-9H2,2-3H3. The SMILES string of the molecule is C=CC(=O)OC1(C(C)C)C2CC3CC(C2)CC1C3. The molecule has 0 atom stereocenters. The van der Waals surface area contributed by atoms with Gasteiger partial charge < -0.3 is 4.74 Å². The maximum atomic E-state index is 11.8. The van der Waals surface area contributed by atoms with Crippen LogP contribution in [0.15, 0.2) is 12.7 Å². The predicted octanol–water partition coefficient (Wildman–Crippen LogP) is 3.57. The van der Waals surface area contributed by atoms with Crippen LogP contribution in [0.1, 0.15) is 46.0 Å². The van der Waals surface area contributed by atoms with Crippen LogP contribution in [0.25, 0.3) is 0 Å². The first-order valence-corrected chi connectivity index (χ1v) is 7.41. The number of carbonyl (C=O) groups excluding carboxylic acids is 1. The van der Waals surface area contributed by atoms with Gasteiger partial charge in [0.05, 0.1) is 0 Å². The van der Waals surface area contributed by atoms with Crippen LogP contribution in [0.2, 0.25) is 0 Å². The van der Waals surface area contributed by atoms with E-state index in [9.17, 15) is 4.79 Å². The van der Waals surface area contributed by atoms with Crippen molar-refractivity contribution in [2.75, 3.05) is 0 Å². The highest BCUT2D eigenvalue weighted by Crippen LogP contribution is 2.61. The van der Waals surface area contributed by atoms with Crippen LogP contribution in [-0.4, -0.2) is 11.6 Å². The van der Waals surface area contributed by atoms with Crippen molar-refractivity contribution in [3.63, 3.8) is 0 Å². The molecule has 4 rings (SSSR count). The maximum Gasteiger partial charge on any atom is 0.330 e. The number of rotatable bonds is 3. The lowest BCUT2D eigenvalue weighted by atomic mass is 9.47. The molecule has 0 spiro atoms. The quantitative estimate of drug-likeness (QED) is 0.564. The lowest BCUT2D eigenvalue weighted by Crippen LogP contribution is -2.62. The zero-order valence-corrected chi connectivity index (χ0v) is 11.5. The summed E-state index contributed by atoms with van der Waals surface area (Å²) in [6.45, 7) is 8.00. The van der Waals surface area contributed by atoms with Crippen LogP contribution < -0.4 is 0 Å². The first-order valence-electron chi connectivity index (χ1n) is 7.41. The topological polar surface area (TPSA) is 26.3 Å². The van der Waals surface area contributed by atoms with Gasteiger partial charge in [-0.15, -0.1) is 0 Å². The van der Waals surface area contributed by atoms with Gasteiger partial charge in [-0.05, 0) is 61.7 Å². The monoisotopic (exact) mass is 248 g/mol. The Morgan fingerprint density at radius 1 is 1.17 bits per heavy atom. The summed E-state index contributed by atoms with van der Waals surface area (Å²) in [6, 6.07) is 0. The predicted molar refractivity (Wildman–Crippen MR) is 70.9 cm³/mol. The maximum absolute atomic E-state index is 11.8. The number of ether oxygens (including phenoxy) is 1. The van der Waals surface area contributed by atoms with Crippen molar-refractivity contribution in [1.82, 2.24) is 0 Å². The van der Waals surface area contributed by atoms with Gasteiger partial charge in [0.1, 0.15) is 5.60 Å². The van der Waals surface area contributed by atoms with Gasteiger partial charge >= 0.3 is 5.97 Å². The summed E-state index contributed by atoms with van der Waals surface area (Å²) >= 11 is 0. The van der Waals surface area contributed by atoms with E-state index in [1.807, 2.05) is 0 Å². The summed E-state index contributed by atoms with van der Waals surface area (Å²) in [6.07, 6.45) is 7.85. The summed E-state index contributed by atoms with van der Waals surface area (Å²) in [5, 5.41) is 0. The van der Waals surface area contributed by atoms with Gasteiger partial charge in [0.2, 0.25) is 0 Å². The van der Waals surface area contributed by atoms with E-state index in [0.29, 0.717) is 17.8 Å². The Kier molecular flexibility index (Phi) is 2.80. The summed E-state index contributed by atoms with van der Waals surface area (Å²) in [7, 11) is 0. The largest absolute Gasteiger partial charge is 0.455 e. The Morgan fingerprint density at radius 2 is 1.67 bits per heavy atom. The molecule has 4 fully saturated rings. The smallest absolute Gasteiger partial charge is 0.330 e. The highest BCUT2D eigenvalue weighted by atomic mass is 16.6. The highest BCUT2D eigenvalue weighted by Gasteiger charge is 2.60. The Balaban J connectivity index is 1.94. The van der Waals surface area contributed by atoms with E-state index >= 15 is 0 Å². The molecule has 0 aromatic heterocycles. The van der Waals surface area contributed by atoms with Crippen molar-refractivity contribution < 1.29 is 9.53 Å². The van der Waals surface area contributed by atoms with E-state index < -0.39 is 0 Å². The molecule has 0 aromatic carbocycles. The van der Waals surface area contributed by atoms with Crippen LogP contribution >= 0.6 is 0 Å². The lowest BCUT2D eigenvalue weighted by molar-refractivity contribution is -0.220. The van der Waals surface area contributed by atoms with E-state index in [1.54, 1.807) is 0 Å². The van der Waals surface area contributed by atoms with Crippen LogP contribution in [0, 0.1) is 29.6 Å². The third kappa shape index (κ3) is 1.57. The highest BCUT2D eigenvalue weighted by molar-refractivity contribution is 5.81. The van der Waals surface area contributed by atoms with Gasteiger partial charge in [-0.25, -0.2) is 4.79 Å². The third-order valence-corrected chi connectivity index (χ3v) is 5.76. The fraction of sp³-hybridized carbons (Fsp3) is 0.812. The average Bonchev–Trinajstić information content (AvgIpc) is 2.32. The van der Waals surface area contributed by atoms with Gasteiger partial charge in [0, 0.05) is 6.08 Å². The Morgan fingerprint density at radius 3 is 2.06 bits per heavy atom. The summed E-state index contributed by atoms with van der Waals surface area (Å²) in [5.41, 5.74) is -0.196. The molecule has 4 aliphatic carbocycles. The molecular weight excluding hydrogens is 224 g/mol. The number of esters is 1. The van der Waals surface area contributed by atoms with E-state index in [1.165, 1.54) is 38.2 Å². The molecule has 0 N–H and O–H groups in total. The molecule has 0 aliphatic heterocycles. The van der Waals surface area contributed by atoms with Crippen LogP contribution in [-0.2, 0) is 9.53 Å². The molecular formula is C16H24O2. The van der Waals surface area contributed by atoms with Crippen molar-refractivity contribution >= 4 is 5.97 Å². The third-order valence-electron chi connectivity index (χ3n) is 5.76. The Bertz CT molecular complexity index is 341. The van der Waals surface area contributed by atoms with Gasteiger partial charge in [-0.2, -0.15) is 0 Å². The zero-order valence-electron chi connectivity index (χ0n) is 11.5. The molecule has 0 heterocycles. The molecule has 0 saturated heterocycles. The molecule has 100 valence electrons. The molecule has 18 heavy (non-hydrogen) atoms. The second-order valence-electron chi connectivity index (χ2n) is 6.94. The van der Waals surface area contributed by atoms with Crippen molar-refractivity contribution in [2.45, 2.75) is 51.6 Å². The normalized spacial score (nSPS) is 45.3. The zero-order chi connectivity index (χ0) is 12.9. The van der Waals surface area contributed by atoms with E-state index in [-0.39, 0.29) is 11.6 Å². The summed E-state index contributed by atoms with van der Waals surface area (Å²) < 4.78 is 5.97. The molecule has 4 bridgehead atoms. The van der Waals surface area contributed by atoms with Crippen molar-refractivity contribution in [3.05, 3.63) is 12.7 Å². The van der Waals surface area contributed by atoms with Crippen LogP contribution in [0.3, 0.4) is 0 Å².